The quantitative estimate of drug-likeness (QED) is 0.467. The summed E-state index contributed by atoms with van der Waals surface area (Å²) in [6.07, 6.45) is 3.24. The fraction of sp³-hybridized carbons (Fsp3) is 0.370. The van der Waals surface area contributed by atoms with Crippen LogP contribution >= 0.6 is 11.3 Å². The van der Waals surface area contributed by atoms with E-state index in [0.29, 0.717) is 16.4 Å². The number of amides is 1. The van der Waals surface area contributed by atoms with Gasteiger partial charge in [0.25, 0.3) is 5.91 Å². The van der Waals surface area contributed by atoms with Crippen LogP contribution in [-0.2, 0) is 6.54 Å². The number of hydrogen-bond acceptors (Lipinski definition) is 3. The molecule has 32 heavy (non-hydrogen) atoms. The van der Waals surface area contributed by atoms with Crippen LogP contribution in [0.5, 0.6) is 0 Å². The largest absolute Gasteiger partial charge is 0.347 e. The Morgan fingerprint density at radius 3 is 2.69 bits per heavy atom. The molecular formula is C27H31FN2OS. The van der Waals surface area contributed by atoms with Crippen LogP contribution in [0.1, 0.15) is 59.8 Å². The third-order valence-corrected chi connectivity index (χ3v) is 7.08. The Kier molecular flexibility index (Phi) is 7.38. The van der Waals surface area contributed by atoms with Crippen LogP contribution in [0.15, 0.2) is 60.0 Å². The molecule has 3 aromatic rings. The molecule has 1 aromatic heterocycles. The SMILES string of the molecule is CC(C)c1ccc(CN2CCCCC(NC(=O)c3cc(-c4ccccc4F)cs3)C2)cc1. The normalized spacial score (nSPS) is 17.3. The first kappa shape index (κ1) is 22.7. The number of carbonyl (C=O) groups excluding carboxylic acids is 1. The maximum absolute atomic E-state index is 14.1. The summed E-state index contributed by atoms with van der Waals surface area (Å²) < 4.78 is 14.1. The van der Waals surface area contributed by atoms with E-state index in [1.54, 1.807) is 18.2 Å². The summed E-state index contributed by atoms with van der Waals surface area (Å²) in [6.45, 7) is 7.23. The molecule has 1 atom stereocenters. The van der Waals surface area contributed by atoms with Crippen molar-refractivity contribution in [2.45, 2.75) is 51.6 Å². The van der Waals surface area contributed by atoms with Crippen molar-refractivity contribution in [1.82, 2.24) is 10.2 Å². The van der Waals surface area contributed by atoms with Crippen LogP contribution in [0.4, 0.5) is 4.39 Å². The molecule has 1 unspecified atom stereocenters. The number of rotatable bonds is 6. The second-order valence-corrected chi connectivity index (χ2v) is 9.89. The highest BCUT2D eigenvalue weighted by molar-refractivity contribution is 7.12. The molecule has 4 rings (SSSR count). The van der Waals surface area contributed by atoms with Crippen molar-refractivity contribution in [3.8, 4) is 11.1 Å². The maximum atomic E-state index is 14.1. The van der Waals surface area contributed by atoms with Gasteiger partial charge < -0.3 is 5.32 Å². The van der Waals surface area contributed by atoms with Gasteiger partial charge in [-0.3, -0.25) is 9.69 Å². The van der Waals surface area contributed by atoms with Crippen LogP contribution < -0.4 is 5.32 Å². The van der Waals surface area contributed by atoms with E-state index in [1.807, 2.05) is 11.4 Å². The van der Waals surface area contributed by atoms with Gasteiger partial charge in [-0.25, -0.2) is 4.39 Å². The predicted molar refractivity (Wildman–Crippen MR) is 131 cm³/mol. The zero-order valence-corrected chi connectivity index (χ0v) is 19.6. The van der Waals surface area contributed by atoms with E-state index in [0.717, 1.165) is 44.5 Å². The molecule has 1 N–H and O–H groups in total. The lowest BCUT2D eigenvalue weighted by molar-refractivity contribution is 0.0929. The number of thiophene rings is 1. The number of likely N-dealkylation sites (tertiary alicyclic amines) is 1. The van der Waals surface area contributed by atoms with E-state index in [1.165, 1.54) is 28.5 Å². The van der Waals surface area contributed by atoms with E-state index >= 15 is 0 Å². The second-order valence-electron chi connectivity index (χ2n) is 8.98. The molecule has 2 aromatic carbocycles. The molecule has 1 amide bonds. The molecule has 1 aliphatic heterocycles. The van der Waals surface area contributed by atoms with Crippen molar-refractivity contribution in [3.05, 3.63) is 81.8 Å². The second kappa shape index (κ2) is 10.4. The lowest BCUT2D eigenvalue weighted by Gasteiger charge is -2.25. The number of nitrogens with zero attached hydrogens (tertiary/aromatic N) is 1. The molecule has 3 nitrogen and oxygen atoms in total. The molecule has 1 fully saturated rings. The van der Waals surface area contributed by atoms with Crippen LogP contribution in [-0.4, -0.2) is 29.9 Å². The van der Waals surface area contributed by atoms with Gasteiger partial charge in [0.2, 0.25) is 0 Å². The molecule has 0 saturated carbocycles. The molecule has 0 radical (unpaired) electrons. The Morgan fingerprint density at radius 2 is 1.94 bits per heavy atom. The fourth-order valence-corrected chi connectivity index (χ4v) is 5.11. The summed E-state index contributed by atoms with van der Waals surface area (Å²) >= 11 is 1.37. The van der Waals surface area contributed by atoms with E-state index in [2.05, 4.69) is 48.3 Å². The number of carbonyl (C=O) groups is 1. The molecule has 1 aliphatic rings. The summed E-state index contributed by atoms with van der Waals surface area (Å²) in [5.41, 5.74) is 3.96. The van der Waals surface area contributed by atoms with Gasteiger partial charge >= 0.3 is 0 Å². The van der Waals surface area contributed by atoms with Gasteiger partial charge in [-0.15, -0.1) is 11.3 Å². The number of benzene rings is 2. The minimum Gasteiger partial charge on any atom is -0.347 e. The fourth-order valence-electron chi connectivity index (χ4n) is 4.30. The highest BCUT2D eigenvalue weighted by Crippen LogP contribution is 2.28. The van der Waals surface area contributed by atoms with Crippen LogP contribution in [0, 0.1) is 5.82 Å². The lowest BCUT2D eigenvalue weighted by atomic mass is 10.0. The minimum absolute atomic E-state index is 0.0641. The van der Waals surface area contributed by atoms with Crippen molar-refractivity contribution in [2.24, 2.45) is 0 Å². The van der Waals surface area contributed by atoms with Crippen molar-refractivity contribution < 1.29 is 9.18 Å². The highest BCUT2D eigenvalue weighted by atomic mass is 32.1. The first-order chi connectivity index (χ1) is 15.5. The minimum atomic E-state index is -0.266. The third-order valence-electron chi connectivity index (χ3n) is 6.15. The number of halogens is 1. The van der Waals surface area contributed by atoms with Gasteiger partial charge in [0.1, 0.15) is 5.82 Å². The van der Waals surface area contributed by atoms with E-state index in [9.17, 15) is 9.18 Å². The van der Waals surface area contributed by atoms with Crippen molar-refractivity contribution in [1.29, 1.82) is 0 Å². The summed E-state index contributed by atoms with van der Waals surface area (Å²) in [5, 5.41) is 5.09. The van der Waals surface area contributed by atoms with Gasteiger partial charge in [-0.05, 0) is 59.5 Å². The highest BCUT2D eigenvalue weighted by Gasteiger charge is 2.21. The van der Waals surface area contributed by atoms with Gasteiger partial charge in [-0.1, -0.05) is 62.7 Å². The average Bonchev–Trinajstić information content (AvgIpc) is 3.17. The molecule has 0 aliphatic carbocycles. The Balaban J connectivity index is 1.38. The average molecular weight is 451 g/mol. The Labute approximate surface area is 194 Å². The molecule has 0 spiro atoms. The zero-order valence-electron chi connectivity index (χ0n) is 18.8. The van der Waals surface area contributed by atoms with Gasteiger partial charge in [0.05, 0.1) is 4.88 Å². The van der Waals surface area contributed by atoms with Crippen molar-refractivity contribution in [3.63, 3.8) is 0 Å². The van der Waals surface area contributed by atoms with Crippen LogP contribution in [0.25, 0.3) is 11.1 Å². The molecule has 168 valence electrons. The Morgan fingerprint density at radius 1 is 1.16 bits per heavy atom. The monoisotopic (exact) mass is 450 g/mol. The van der Waals surface area contributed by atoms with Crippen LogP contribution in [0.3, 0.4) is 0 Å². The molecule has 5 heteroatoms. The standard InChI is InChI=1S/C27H31FN2OS/c1-19(2)21-12-10-20(11-13-21)16-30-14-6-5-7-23(17-30)29-27(31)26-15-22(18-32-26)24-8-3-4-9-25(24)28/h3-4,8-13,15,18-19,23H,5-7,14,16-17H2,1-2H3,(H,29,31). The van der Waals surface area contributed by atoms with E-state index < -0.39 is 0 Å². The zero-order chi connectivity index (χ0) is 22.5. The predicted octanol–water partition coefficient (Wildman–Crippen LogP) is 6.46. The Hall–Kier alpha value is -2.50. The van der Waals surface area contributed by atoms with Crippen LogP contribution in [0.2, 0.25) is 0 Å². The molecular weight excluding hydrogens is 419 g/mol. The number of nitrogens with one attached hydrogen (secondary N) is 1. The smallest absolute Gasteiger partial charge is 0.261 e. The van der Waals surface area contributed by atoms with Gasteiger partial charge in [0, 0.05) is 24.7 Å². The summed E-state index contributed by atoms with van der Waals surface area (Å²) in [6, 6.07) is 17.5. The topological polar surface area (TPSA) is 32.3 Å². The van der Waals surface area contributed by atoms with Gasteiger partial charge in [0.15, 0.2) is 0 Å². The van der Waals surface area contributed by atoms with Crippen molar-refractivity contribution in [2.75, 3.05) is 13.1 Å². The van der Waals surface area contributed by atoms with Gasteiger partial charge in [-0.2, -0.15) is 0 Å². The third kappa shape index (κ3) is 5.64. The first-order valence-corrected chi connectivity index (χ1v) is 12.3. The first-order valence-electron chi connectivity index (χ1n) is 11.4. The lowest BCUT2D eigenvalue weighted by Crippen LogP contribution is -2.42. The number of hydrogen-bond donors (Lipinski definition) is 1. The van der Waals surface area contributed by atoms with Crippen molar-refractivity contribution >= 4 is 17.2 Å². The maximum Gasteiger partial charge on any atom is 0.261 e. The summed E-state index contributed by atoms with van der Waals surface area (Å²) in [4.78, 5) is 16.0. The molecule has 0 bridgehead atoms. The Bertz CT molecular complexity index is 1040. The van der Waals surface area contributed by atoms with E-state index in [-0.39, 0.29) is 17.8 Å². The molecule has 1 saturated heterocycles. The molecule has 2 heterocycles. The summed E-state index contributed by atoms with van der Waals surface area (Å²) in [5.74, 6) is 0.210. The van der Waals surface area contributed by atoms with E-state index in [4.69, 9.17) is 0 Å². The summed E-state index contributed by atoms with van der Waals surface area (Å²) in [7, 11) is 0.